The quantitative estimate of drug-likeness (QED) is 0.793. The van der Waals surface area contributed by atoms with Gasteiger partial charge >= 0.3 is 0 Å². The Balaban J connectivity index is 2.51. The lowest BCUT2D eigenvalue weighted by molar-refractivity contribution is 0.324. The Morgan fingerprint density at radius 3 is 2.30 bits per heavy atom. The predicted molar refractivity (Wildman–Crippen MR) is 75.0 cm³/mol. The molecule has 0 amide bonds. The molecule has 0 spiro atoms. The summed E-state index contributed by atoms with van der Waals surface area (Å²) in [5.74, 6) is 1.53. The number of hydrogen-bond acceptors (Lipinski definition) is 5. The van der Waals surface area contributed by atoms with Gasteiger partial charge in [-0.05, 0) is 12.1 Å². The van der Waals surface area contributed by atoms with E-state index < -0.39 is 0 Å². The molecule has 20 heavy (non-hydrogen) atoms. The fraction of sp³-hybridized carbons (Fsp3) is 0.200. The standard InChI is InChI=1S/C15H14O5/c1-17-11-7-9-8-5-4-6-10(16)12(8)20-13(9)15(19-3)14(11)18-2/h4-7,16H,1-3H3. The topological polar surface area (TPSA) is 61.1 Å². The molecule has 0 saturated heterocycles. The highest BCUT2D eigenvalue weighted by atomic mass is 16.5. The molecule has 5 nitrogen and oxygen atoms in total. The monoisotopic (exact) mass is 274 g/mol. The molecule has 1 heterocycles. The first-order valence-corrected chi connectivity index (χ1v) is 6.04. The van der Waals surface area contributed by atoms with E-state index in [-0.39, 0.29) is 5.75 Å². The van der Waals surface area contributed by atoms with Crippen LogP contribution in [0.15, 0.2) is 28.7 Å². The Morgan fingerprint density at radius 2 is 1.65 bits per heavy atom. The number of para-hydroxylation sites is 1. The maximum absolute atomic E-state index is 9.89. The SMILES string of the molecule is COc1cc2c(oc3c(O)cccc32)c(OC)c1OC. The average molecular weight is 274 g/mol. The van der Waals surface area contributed by atoms with Crippen molar-refractivity contribution in [2.24, 2.45) is 0 Å². The molecule has 104 valence electrons. The van der Waals surface area contributed by atoms with Crippen LogP contribution in [0, 0.1) is 0 Å². The van der Waals surface area contributed by atoms with Gasteiger partial charge in [-0.15, -0.1) is 0 Å². The Bertz CT molecular complexity index is 788. The average Bonchev–Trinajstić information content (AvgIpc) is 2.85. The van der Waals surface area contributed by atoms with Crippen LogP contribution >= 0.6 is 0 Å². The molecule has 0 aliphatic carbocycles. The second-order valence-electron chi connectivity index (χ2n) is 4.28. The van der Waals surface area contributed by atoms with Gasteiger partial charge in [0, 0.05) is 10.8 Å². The Hall–Kier alpha value is -2.56. The molecule has 5 heteroatoms. The van der Waals surface area contributed by atoms with Gasteiger partial charge in [0.05, 0.1) is 21.3 Å². The van der Waals surface area contributed by atoms with E-state index in [1.165, 1.54) is 14.2 Å². The van der Waals surface area contributed by atoms with E-state index in [0.29, 0.717) is 28.4 Å². The lowest BCUT2D eigenvalue weighted by Crippen LogP contribution is -1.94. The molecule has 0 saturated carbocycles. The van der Waals surface area contributed by atoms with E-state index in [1.54, 1.807) is 19.2 Å². The van der Waals surface area contributed by atoms with Crippen molar-refractivity contribution in [3.05, 3.63) is 24.3 Å². The first kappa shape index (κ1) is 12.5. The van der Waals surface area contributed by atoms with Gasteiger partial charge in [0.1, 0.15) is 0 Å². The lowest BCUT2D eigenvalue weighted by atomic mass is 10.1. The van der Waals surface area contributed by atoms with Crippen molar-refractivity contribution >= 4 is 21.9 Å². The number of fused-ring (bicyclic) bond motifs is 3. The summed E-state index contributed by atoms with van der Waals surface area (Å²) in [6.07, 6.45) is 0. The largest absolute Gasteiger partial charge is 0.504 e. The predicted octanol–water partition coefficient (Wildman–Crippen LogP) is 3.32. The molecule has 0 atom stereocenters. The molecule has 1 N–H and O–H groups in total. The fourth-order valence-electron chi connectivity index (χ4n) is 2.38. The number of rotatable bonds is 3. The normalized spacial score (nSPS) is 10.9. The highest BCUT2D eigenvalue weighted by Gasteiger charge is 2.21. The molecule has 0 aliphatic rings. The van der Waals surface area contributed by atoms with Crippen LogP contribution < -0.4 is 14.2 Å². The van der Waals surface area contributed by atoms with E-state index in [4.69, 9.17) is 18.6 Å². The zero-order chi connectivity index (χ0) is 14.3. The third kappa shape index (κ3) is 1.56. The number of aromatic hydroxyl groups is 1. The van der Waals surface area contributed by atoms with Gasteiger partial charge in [-0.3, -0.25) is 0 Å². The minimum atomic E-state index is 0.0821. The van der Waals surface area contributed by atoms with E-state index in [0.717, 1.165) is 10.8 Å². The van der Waals surface area contributed by atoms with Crippen LogP contribution in [0.2, 0.25) is 0 Å². The number of methoxy groups -OCH3 is 3. The van der Waals surface area contributed by atoms with E-state index in [2.05, 4.69) is 0 Å². The summed E-state index contributed by atoms with van der Waals surface area (Å²) in [4.78, 5) is 0. The minimum absolute atomic E-state index is 0.0821. The minimum Gasteiger partial charge on any atom is -0.504 e. The van der Waals surface area contributed by atoms with Gasteiger partial charge in [-0.2, -0.15) is 0 Å². The van der Waals surface area contributed by atoms with Crippen LogP contribution in [-0.2, 0) is 0 Å². The second-order valence-corrected chi connectivity index (χ2v) is 4.28. The number of phenolic OH excluding ortho intramolecular Hbond substituents is 1. The van der Waals surface area contributed by atoms with Gasteiger partial charge in [0.15, 0.2) is 22.7 Å². The Morgan fingerprint density at radius 1 is 0.900 bits per heavy atom. The van der Waals surface area contributed by atoms with Crippen molar-refractivity contribution in [1.29, 1.82) is 0 Å². The van der Waals surface area contributed by atoms with Crippen molar-refractivity contribution in [2.75, 3.05) is 21.3 Å². The van der Waals surface area contributed by atoms with Gasteiger partial charge in [-0.25, -0.2) is 0 Å². The van der Waals surface area contributed by atoms with Crippen molar-refractivity contribution in [3.63, 3.8) is 0 Å². The summed E-state index contributed by atoms with van der Waals surface area (Å²) in [5.41, 5.74) is 0.928. The lowest BCUT2D eigenvalue weighted by Gasteiger charge is -2.11. The first-order valence-electron chi connectivity index (χ1n) is 6.04. The molecular formula is C15H14O5. The molecule has 0 radical (unpaired) electrons. The van der Waals surface area contributed by atoms with E-state index in [9.17, 15) is 5.11 Å². The van der Waals surface area contributed by atoms with E-state index >= 15 is 0 Å². The fourth-order valence-corrected chi connectivity index (χ4v) is 2.38. The van der Waals surface area contributed by atoms with Crippen LogP contribution in [0.25, 0.3) is 21.9 Å². The highest BCUT2D eigenvalue weighted by Crippen LogP contribution is 2.47. The van der Waals surface area contributed by atoms with Crippen molar-refractivity contribution in [2.45, 2.75) is 0 Å². The van der Waals surface area contributed by atoms with E-state index in [1.807, 2.05) is 12.1 Å². The zero-order valence-electron chi connectivity index (χ0n) is 11.4. The summed E-state index contributed by atoms with van der Waals surface area (Å²) in [6.45, 7) is 0. The second kappa shape index (κ2) is 4.52. The van der Waals surface area contributed by atoms with Crippen molar-refractivity contribution in [3.8, 4) is 23.0 Å². The Labute approximate surface area is 115 Å². The van der Waals surface area contributed by atoms with Crippen molar-refractivity contribution in [1.82, 2.24) is 0 Å². The van der Waals surface area contributed by atoms with Crippen LogP contribution in [0.1, 0.15) is 0 Å². The van der Waals surface area contributed by atoms with Crippen molar-refractivity contribution < 1.29 is 23.7 Å². The number of hydrogen-bond donors (Lipinski definition) is 1. The van der Waals surface area contributed by atoms with Gasteiger partial charge in [0.25, 0.3) is 0 Å². The summed E-state index contributed by atoms with van der Waals surface area (Å²) in [7, 11) is 4.62. The maximum Gasteiger partial charge on any atom is 0.208 e. The van der Waals surface area contributed by atoms with Crippen LogP contribution in [-0.4, -0.2) is 26.4 Å². The number of ether oxygens (including phenoxy) is 3. The van der Waals surface area contributed by atoms with Gasteiger partial charge in [0.2, 0.25) is 11.5 Å². The molecule has 0 bridgehead atoms. The molecule has 0 unspecified atom stereocenters. The van der Waals surface area contributed by atoms with Crippen LogP contribution in [0.4, 0.5) is 0 Å². The first-order chi connectivity index (χ1) is 9.71. The molecule has 1 aromatic heterocycles. The summed E-state index contributed by atoms with van der Waals surface area (Å²) in [6, 6.07) is 7.01. The molecule has 3 rings (SSSR count). The third-order valence-electron chi connectivity index (χ3n) is 3.27. The van der Waals surface area contributed by atoms with Crippen LogP contribution in [0.5, 0.6) is 23.0 Å². The molecule has 3 aromatic rings. The zero-order valence-corrected chi connectivity index (χ0v) is 11.4. The summed E-state index contributed by atoms with van der Waals surface area (Å²) < 4.78 is 21.8. The highest BCUT2D eigenvalue weighted by molar-refractivity contribution is 6.10. The Kier molecular flexibility index (Phi) is 2.82. The number of benzene rings is 2. The molecule has 2 aromatic carbocycles. The summed E-state index contributed by atoms with van der Waals surface area (Å²) >= 11 is 0. The number of phenols is 1. The van der Waals surface area contributed by atoms with Gasteiger partial charge in [-0.1, -0.05) is 12.1 Å². The molecular weight excluding hydrogens is 260 g/mol. The van der Waals surface area contributed by atoms with Gasteiger partial charge < -0.3 is 23.7 Å². The third-order valence-corrected chi connectivity index (χ3v) is 3.27. The van der Waals surface area contributed by atoms with Crippen LogP contribution in [0.3, 0.4) is 0 Å². The smallest absolute Gasteiger partial charge is 0.208 e. The number of furan rings is 1. The molecule has 0 fully saturated rings. The summed E-state index contributed by atoms with van der Waals surface area (Å²) in [5, 5.41) is 11.5. The maximum atomic E-state index is 9.89. The molecule has 0 aliphatic heterocycles.